The minimum absolute atomic E-state index is 0.0250. The van der Waals surface area contributed by atoms with Gasteiger partial charge >= 0.3 is 0 Å². The van der Waals surface area contributed by atoms with Gasteiger partial charge in [0.2, 0.25) is 10.0 Å². The van der Waals surface area contributed by atoms with E-state index in [9.17, 15) is 13.2 Å². The van der Waals surface area contributed by atoms with E-state index < -0.39 is 22.1 Å². The van der Waals surface area contributed by atoms with Gasteiger partial charge in [-0.05, 0) is 36.0 Å². The van der Waals surface area contributed by atoms with Crippen molar-refractivity contribution in [2.24, 2.45) is 22.2 Å². The molecule has 3 aromatic carbocycles. The van der Waals surface area contributed by atoms with Crippen molar-refractivity contribution >= 4 is 27.6 Å². The van der Waals surface area contributed by atoms with Crippen molar-refractivity contribution in [2.45, 2.75) is 43.6 Å². The van der Waals surface area contributed by atoms with E-state index in [1.807, 2.05) is 48.5 Å². The average Bonchev–Trinajstić information content (AvgIpc) is 2.93. The third-order valence-electron chi connectivity index (χ3n) is 6.25. The van der Waals surface area contributed by atoms with Gasteiger partial charge < -0.3 is 22.5 Å². The van der Waals surface area contributed by atoms with E-state index in [1.54, 1.807) is 36.4 Å². The number of ketones is 1. The SMILES string of the molecule is N=C(N)c1ccc(CN[C@@H](Cc2ccccc2)C(=O)[C@@H](CCCN=C(N)N)NS(=O)(=O)Cc2ccccc2)cc1. The summed E-state index contributed by atoms with van der Waals surface area (Å²) in [6.45, 7) is 0.630. The minimum Gasteiger partial charge on any atom is -0.384 e. The van der Waals surface area contributed by atoms with Crippen molar-refractivity contribution in [3.8, 4) is 0 Å². The largest absolute Gasteiger partial charge is 0.384 e. The fourth-order valence-corrected chi connectivity index (χ4v) is 5.61. The van der Waals surface area contributed by atoms with Gasteiger partial charge in [0, 0.05) is 18.7 Å². The van der Waals surface area contributed by atoms with Crippen LogP contribution < -0.4 is 27.2 Å². The van der Waals surface area contributed by atoms with Crippen LogP contribution in [0.25, 0.3) is 0 Å². The Morgan fingerprint density at radius 3 is 2.00 bits per heavy atom. The molecule has 40 heavy (non-hydrogen) atoms. The molecular formula is C29H37N7O3S. The lowest BCUT2D eigenvalue weighted by Crippen LogP contribution is -2.50. The lowest BCUT2D eigenvalue weighted by atomic mass is 9.95. The fraction of sp³-hybridized carbons (Fsp3) is 0.276. The second-order valence-electron chi connectivity index (χ2n) is 9.50. The van der Waals surface area contributed by atoms with Gasteiger partial charge in [0.25, 0.3) is 0 Å². The number of aliphatic imine (C=N–C) groups is 1. The van der Waals surface area contributed by atoms with Crippen molar-refractivity contribution in [3.63, 3.8) is 0 Å². The zero-order valence-corrected chi connectivity index (χ0v) is 23.1. The van der Waals surface area contributed by atoms with E-state index in [2.05, 4.69) is 15.0 Å². The van der Waals surface area contributed by atoms with Gasteiger partial charge in [0.15, 0.2) is 11.7 Å². The highest BCUT2D eigenvalue weighted by atomic mass is 32.2. The molecule has 0 heterocycles. The molecule has 0 aliphatic carbocycles. The molecule has 0 spiro atoms. The Bertz CT molecular complexity index is 1380. The molecule has 0 fully saturated rings. The summed E-state index contributed by atoms with van der Waals surface area (Å²) in [6.07, 6.45) is 1.01. The summed E-state index contributed by atoms with van der Waals surface area (Å²) in [5, 5.41) is 10.9. The van der Waals surface area contributed by atoms with Crippen LogP contribution in [0.4, 0.5) is 0 Å². The van der Waals surface area contributed by atoms with Crippen LogP contribution in [0.15, 0.2) is 89.9 Å². The molecule has 0 aliphatic rings. The van der Waals surface area contributed by atoms with Gasteiger partial charge in [-0.25, -0.2) is 13.1 Å². The van der Waals surface area contributed by atoms with Crippen LogP contribution in [0, 0.1) is 5.41 Å². The standard InChI is InChI=1S/C29H37N7O3S/c30-28(31)24-15-13-22(14-16-24)19-35-26(18-21-8-3-1-4-9-21)27(37)25(12-7-17-34-29(32)33)36-40(38,39)20-23-10-5-2-6-11-23/h1-6,8-11,13-16,25-26,35-36H,7,12,17-20H2,(H3,30,31)(H4,32,33,34)/t25-,26+/m1/s1. The molecule has 0 saturated carbocycles. The molecule has 0 bridgehead atoms. The average molecular weight is 564 g/mol. The number of hydrogen-bond acceptors (Lipinski definition) is 6. The highest BCUT2D eigenvalue weighted by Crippen LogP contribution is 2.13. The number of carbonyl (C=O) groups is 1. The van der Waals surface area contributed by atoms with Crippen molar-refractivity contribution < 1.29 is 13.2 Å². The summed E-state index contributed by atoms with van der Waals surface area (Å²) < 4.78 is 28.9. The number of carbonyl (C=O) groups excluding carboxylic acids is 1. The summed E-state index contributed by atoms with van der Waals surface area (Å²) in [7, 11) is -3.83. The van der Waals surface area contributed by atoms with Gasteiger partial charge in [0.05, 0.1) is 17.8 Å². The second-order valence-corrected chi connectivity index (χ2v) is 11.3. The number of nitrogens with zero attached hydrogens (tertiary/aromatic N) is 1. The van der Waals surface area contributed by atoms with E-state index in [0.717, 1.165) is 11.1 Å². The Kier molecular flexibility index (Phi) is 11.4. The van der Waals surface area contributed by atoms with Crippen LogP contribution in [0.2, 0.25) is 0 Å². The molecular weight excluding hydrogens is 526 g/mol. The number of rotatable bonds is 16. The van der Waals surface area contributed by atoms with Crippen molar-refractivity contribution in [3.05, 3.63) is 107 Å². The minimum atomic E-state index is -3.83. The number of nitrogen functional groups attached to an aromatic ring is 1. The smallest absolute Gasteiger partial charge is 0.216 e. The Labute approximate surface area is 235 Å². The first-order valence-corrected chi connectivity index (χ1v) is 14.6. The molecule has 9 N–H and O–H groups in total. The molecule has 10 nitrogen and oxygen atoms in total. The third-order valence-corrected chi connectivity index (χ3v) is 7.61. The number of benzene rings is 3. The van der Waals surface area contributed by atoms with Crippen LogP contribution in [-0.2, 0) is 33.5 Å². The summed E-state index contributed by atoms with van der Waals surface area (Å²) in [5.41, 5.74) is 19.5. The number of sulfonamides is 1. The van der Waals surface area contributed by atoms with Gasteiger partial charge in [0.1, 0.15) is 5.84 Å². The molecule has 3 rings (SSSR count). The number of amidine groups is 1. The monoisotopic (exact) mass is 563 g/mol. The summed E-state index contributed by atoms with van der Waals surface area (Å²) in [4.78, 5) is 17.9. The molecule has 0 amide bonds. The quantitative estimate of drug-likeness (QED) is 0.0869. The number of nitrogens with one attached hydrogen (secondary N) is 3. The number of Topliss-reactive ketones (excluding diaryl/α,β-unsaturated/α-hetero) is 1. The highest BCUT2D eigenvalue weighted by molar-refractivity contribution is 7.88. The van der Waals surface area contributed by atoms with Crippen LogP contribution >= 0.6 is 0 Å². The van der Waals surface area contributed by atoms with Gasteiger partial charge in [-0.15, -0.1) is 0 Å². The number of guanidine groups is 1. The van der Waals surface area contributed by atoms with Crippen LogP contribution in [0.5, 0.6) is 0 Å². The molecule has 0 aromatic heterocycles. The molecule has 3 aromatic rings. The number of nitrogens with two attached hydrogens (primary N) is 3. The van der Waals surface area contributed by atoms with E-state index in [0.29, 0.717) is 30.5 Å². The Hall–Kier alpha value is -4.06. The zero-order chi connectivity index (χ0) is 29.0. The van der Waals surface area contributed by atoms with E-state index in [4.69, 9.17) is 22.6 Å². The molecule has 212 valence electrons. The van der Waals surface area contributed by atoms with E-state index in [1.165, 1.54) is 0 Å². The lowest BCUT2D eigenvalue weighted by Gasteiger charge is -2.25. The van der Waals surface area contributed by atoms with Crippen LogP contribution in [-0.4, -0.2) is 44.6 Å². The second kappa shape index (κ2) is 14.9. The van der Waals surface area contributed by atoms with Crippen molar-refractivity contribution in [2.75, 3.05) is 6.54 Å². The molecule has 0 radical (unpaired) electrons. The maximum absolute atomic E-state index is 14.0. The summed E-state index contributed by atoms with van der Waals surface area (Å²) >= 11 is 0. The van der Waals surface area contributed by atoms with Crippen molar-refractivity contribution in [1.29, 1.82) is 5.41 Å². The third kappa shape index (κ3) is 10.3. The topological polar surface area (TPSA) is 190 Å². The zero-order valence-electron chi connectivity index (χ0n) is 22.3. The Balaban J connectivity index is 1.82. The first-order valence-electron chi connectivity index (χ1n) is 13.0. The predicted octanol–water partition coefficient (Wildman–Crippen LogP) is 1.78. The molecule has 2 atom stereocenters. The summed E-state index contributed by atoms with van der Waals surface area (Å²) in [5.74, 6) is -0.606. The highest BCUT2D eigenvalue weighted by Gasteiger charge is 2.30. The van der Waals surface area contributed by atoms with E-state index >= 15 is 0 Å². The Morgan fingerprint density at radius 1 is 0.825 bits per heavy atom. The lowest BCUT2D eigenvalue weighted by molar-refractivity contribution is -0.122. The number of hydrogen-bond donors (Lipinski definition) is 6. The van der Waals surface area contributed by atoms with Gasteiger partial charge in [-0.1, -0.05) is 84.9 Å². The van der Waals surface area contributed by atoms with Crippen LogP contribution in [0.3, 0.4) is 0 Å². The first-order chi connectivity index (χ1) is 19.1. The first kappa shape index (κ1) is 30.5. The van der Waals surface area contributed by atoms with Crippen molar-refractivity contribution in [1.82, 2.24) is 10.0 Å². The Morgan fingerprint density at radius 2 is 1.43 bits per heavy atom. The molecule has 0 unspecified atom stereocenters. The fourth-order valence-electron chi connectivity index (χ4n) is 4.22. The molecule has 11 heteroatoms. The predicted molar refractivity (Wildman–Crippen MR) is 159 cm³/mol. The van der Waals surface area contributed by atoms with Gasteiger partial charge in [-0.3, -0.25) is 15.2 Å². The van der Waals surface area contributed by atoms with Crippen LogP contribution in [0.1, 0.15) is 35.1 Å². The normalized spacial score (nSPS) is 12.8. The van der Waals surface area contributed by atoms with E-state index in [-0.39, 0.29) is 36.3 Å². The molecule has 0 aliphatic heterocycles. The molecule has 0 saturated heterocycles. The maximum Gasteiger partial charge on any atom is 0.216 e. The maximum atomic E-state index is 14.0. The van der Waals surface area contributed by atoms with Gasteiger partial charge in [-0.2, -0.15) is 0 Å². The summed E-state index contributed by atoms with van der Waals surface area (Å²) in [6, 6.07) is 23.9.